The standard InChI is InChI=1S/C10H10N4O2S/c11-2-4-14-9(15)8(17-10(14)16)5-7-1-3-12-6-13-7/h1,3,5-6H,2,4,11H2. The van der Waals surface area contributed by atoms with Crippen molar-refractivity contribution in [3.05, 3.63) is 29.2 Å². The van der Waals surface area contributed by atoms with Crippen molar-refractivity contribution in [3.63, 3.8) is 0 Å². The Balaban J connectivity index is 2.22. The largest absolute Gasteiger partial charge is 0.329 e. The van der Waals surface area contributed by atoms with Crippen molar-refractivity contribution in [2.24, 2.45) is 5.73 Å². The van der Waals surface area contributed by atoms with Gasteiger partial charge in [0.25, 0.3) is 11.1 Å². The van der Waals surface area contributed by atoms with Crippen LogP contribution in [0.25, 0.3) is 6.08 Å². The van der Waals surface area contributed by atoms with Gasteiger partial charge in [0, 0.05) is 19.3 Å². The van der Waals surface area contributed by atoms with E-state index >= 15 is 0 Å². The molecule has 1 saturated heterocycles. The highest BCUT2D eigenvalue weighted by molar-refractivity contribution is 8.18. The van der Waals surface area contributed by atoms with Gasteiger partial charge in [0.1, 0.15) is 6.33 Å². The fraction of sp³-hybridized carbons (Fsp3) is 0.200. The summed E-state index contributed by atoms with van der Waals surface area (Å²) in [5.74, 6) is -0.316. The van der Waals surface area contributed by atoms with Gasteiger partial charge in [-0.1, -0.05) is 0 Å². The monoisotopic (exact) mass is 250 g/mol. The van der Waals surface area contributed by atoms with Crippen LogP contribution in [0.15, 0.2) is 23.5 Å². The summed E-state index contributed by atoms with van der Waals surface area (Å²) in [5, 5.41) is -0.291. The Morgan fingerprint density at radius 2 is 2.29 bits per heavy atom. The fourth-order valence-electron chi connectivity index (χ4n) is 1.34. The maximum atomic E-state index is 11.8. The van der Waals surface area contributed by atoms with Gasteiger partial charge in [-0.05, 0) is 23.9 Å². The molecule has 1 aromatic rings. The number of hydrogen-bond acceptors (Lipinski definition) is 6. The summed E-state index contributed by atoms with van der Waals surface area (Å²) >= 11 is 0.899. The van der Waals surface area contributed by atoms with Crippen LogP contribution in [0.2, 0.25) is 0 Å². The van der Waals surface area contributed by atoms with Crippen molar-refractivity contribution in [3.8, 4) is 0 Å². The molecule has 2 heterocycles. The molecule has 0 bridgehead atoms. The Morgan fingerprint density at radius 3 is 2.94 bits per heavy atom. The molecule has 2 N–H and O–H groups in total. The van der Waals surface area contributed by atoms with Crippen LogP contribution in [0.3, 0.4) is 0 Å². The predicted octanol–water partition coefficient (Wildman–Crippen LogP) is 0.472. The lowest BCUT2D eigenvalue weighted by molar-refractivity contribution is -0.122. The summed E-state index contributed by atoms with van der Waals surface area (Å²) in [5.41, 5.74) is 5.93. The van der Waals surface area contributed by atoms with E-state index in [0.29, 0.717) is 10.6 Å². The fourth-order valence-corrected chi connectivity index (χ4v) is 2.19. The van der Waals surface area contributed by atoms with E-state index in [-0.39, 0.29) is 24.2 Å². The zero-order valence-electron chi connectivity index (χ0n) is 8.87. The van der Waals surface area contributed by atoms with E-state index in [1.165, 1.54) is 6.33 Å². The quantitative estimate of drug-likeness (QED) is 0.784. The van der Waals surface area contributed by atoms with E-state index in [1.807, 2.05) is 0 Å². The third-order valence-corrected chi connectivity index (χ3v) is 3.02. The van der Waals surface area contributed by atoms with Crippen molar-refractivity contribution >= 4 is 29.0 Å². The molecule has 88 valence electrons. The van der Waals surface area contributed by atoms with E-state index in [1.54, 1.807) is 18.3 Å². The van der Waals surface area contributed by atoms with E-state index in [9.17, 15) is 9.59 Å². The molecule has 0 atom stereocenters. The van der Waals surface area contributed by atoms with E-state index in [2.05, 4.69) is 9.97 Å². The number of nitrogens with zero attached hydrogens (tertiary/aromatic N) is 3. The number of nitrogens with two attached hydrogens (primary N) is 1. The van der Waals surface area contributed by atoms with Crippen LogP contribution in [0, 0.1) is 0 Å². The SMILES string of the molecule is NCCN1C(=O)SC(=Cc2ccncn2)C1=O. The highest BCUT2D eigenvalue weighted by Gasteiger charge is 2.34. The number of thioether (sulfide) groups is 1. The molecule has 2 rings (SSSR count). The molecule has 1 aliphatic heterocycles. The van der Waals surface area contributed by atoms with E-state index in [4.69, 9.17) is 5.73 Å². The minimum absolute atomic E-state index is 0.242. The van der Waals surface area contributed by atoms with Gasteiger partial charge in [-0.25, -0.2) is 9.97 Å². The summed E-state index contributed by atoms with van der Waals surface area (Å²) in [6.45, 7) is 0.505. The Labute approximate surface area is 102 Å². The third-order valence-electron chi connectivity index (χ3n) is 2.11. The molecule has 0 unspecified atom stereocenters. The second-order valence-corrected chi connectivity index (χ2v) is 4.25. The van der Waals surface area contributed by atoms with Gasteiger partial charge >= 0.3 is 0 Å². The molecule has 0 spiro atoms. The normalized spacial score (nSPS) is 18.2. The van der Waals surface area contributed by atoms with Crippen molar-refractivity contribution in [2.45, 2.75) is 0 Å². The highest BCUT2D eigenvalue weighted by atomic mass is 32.2. The van der Waals surface area contributed by atoms with Gasteiger partial charge in [-0.2, -0.15) is 0 Å². The van der Waals surface area contributed by atoms with Crippen LogP contribution >= 0.6 is 11.8 Å². The van der Waals surface area contributed by atoms with Crippen molar-refractivity contribution in [2.75, 3.05) is 13.1 Å². The minimum atomic E-state index is -0.316. The van der Waals surface area contributed by atoms with E-state index < -0.39 is 0 Å². The molecule has 2 amide bonds. The van der Waals surface area contributed by atoms with Gasteiger partial charge in [0.05, 0.1) is 10.6 Å². The van der Waals surface area contributed by atoms with Crippen molar-refractivity contribution in [1.29, 1.82) is 0 Å². The number of rotatable bonds is 3. The first-order valence-electron chi connectivity index (χ1n) is 4.94. The minimum Gasteiger partial charge on any atom is -0.329 e. The molecule has 0 aliphatic carbocycles. The number of hydrogen-bond donors (Lipinski definition) is 1. The summed E-state index contributed by atoms with van der Waals surface area (Å²) < 4.78 is 0. The number of imide groups is 1. The maximum absolute atomic E-state index is 11.8. The predicted molar refractivity (Wildman–Crippen MR) is 63.8 cm³/mol. The van der Waals surface area contributed by atoms with E-state index in [0.717, 1.165) is 16.7 Å². The molecule has 1 aromatic heterocycles. The summed E-state index contributed by atoms with van der Waals surface area (Å²) in [7, 11) is 0. The molecular weight excluding hydrogens is 240 g/mol. The molecule has 0 radical (unpaired) electrons. The second-order valence-electron chi connectivity index (χ2n) is 3.26. The number of carbonyl (C=O) groups is 2. The smallest absolute Gasteiger partial charge is 0.293 e. The topological polar surface area (TPSA) is 89.2 Å². The zero-order valence-corrected chi connectivity index (χ0v) is 9.68. The lowest BCUT2D eigenvalue weighted by Gasteiger charge is -2.09. The second kappa shape index (κ2) is 5.07. The van der Waals surface area contributed by atoms with Gasteiger partial charge in [-0.15, -0.1) is 0 Å². The third kappa shape index (κ3) is 2.51. The molecule has 0 saturated carbocycles. The first-order chi connectivity index (χ1) is 8.22. The highest BCUT2D eigenvalue weighted by Crippen LogP contribution is 2.31. The zero-order chi connectivity index (χ0) is 12.3. The molecule has 1 aliphatic rings. The Hall–Kier alpha value is -1.73. The van der Waals surface area contributed by atoms with Crippen molar-refractivity contribution < 1.29 is 9.59 Å². The maximum Gasteiger partial charge on any atom is 0.293 e. The first kappa shape index (κ1) is 11.7. The summed E-state index contributed by atoms with van der Waals surface area (Å²) in [4.78, 5) is 32.6. The van der Waals surface area contributed by atoms with Crippen LogP contribution in [-0.2, 0) is 4.79 Å². The number of aromatic nitrogens is 2. The number of carbonyl (C=O) groups excluding carboxylic acids is 2. The Kier molecular flexibility index (Phi) is 3.50. The Bertz CT molecular complexity index is 474. The molecular formula is C10H10N4O2S. The van der Waals surface area contributed by atoms with Crippen LogP contribution in [0.5, 0.6) is 0 Å². The Morgan fingerprint density at radius 1 is 1.47 bits per heavy atom. The molecule has 17 heavy (non-hydrogen) atoms. The lowest BCUT2D eigenvalue weighted by atomic mass is 10.3. The van der Waals surface area contributed by atoms with Crippen LogP contribution in [0.1, 0.15) is 5.69 Å². The first-order valence-corrected chi connectivity index (χ1v) is 5.75. The van der Waals surface area contributed by atoms with Crippen molar-refractivity contribution in [1.82, 2.24) is 14.9 Å². The van der Waals surface area contributed by atoms with Gasteiger partial charge < -0.3 is 5.73 Å². The average molecular weight is 250 g/mol. The van der Waals surface area contributed by atoms with Crippen LogP contribution in [-0.4, -0.2) is 39.1 Å². The molecule has 0 aromatic carbocycles. The van der Waals surface area contributed by atoms with Crippen LogP contribution in [0.4, 0.5) is 4.79 Å². The lowest BCUT2D eigenvalue weighted by Crippen LogP contribution is -2.33. The number of amides is 2. The van der Waals surface area contributed by atoms with Gasteiger partial charge in [0.15, 0.2) is 0 Å². The summed E-state index contributed by atoms with van der Waals surface area (Å²) in [6, 6.07) is 1.66. The van der Waals surface area contributed by atoms with Crippen LogP contribution < -0.4 is 5.73 Å². The molecule has 1 fully saturated rings. The molecule has 6 nitrogen and oxygen atoms in total. The van der Waals surface area contributed by atoms with Gasteiger partial charge in [0.2, 0.25) is 0 Å². The molecule has 7 heteroatoms. The average Bonchev–Trinajstić information content (AvgIpc) is 2.59. The summed E-state index contributed by atoms with van der Waals surface area (Å²) in [6.07, 6.45) is 4.53. The van der Waals surface area contributed by atoms with Gasteiger partial charge in [-0.3, -0.25) is 14.5 Å².